The Morgan fingerprint density at radius 2 is 0.688 bits per heavy atom. The van der Waals surface area contributed by atoms with Gasteiger partial charge in [-0.25, -0.2) is 0 Å². The largest absolute Gasteiger partial charge is 0.456 e. The van der Waals surface area contributed by atoms with Crippen LogP contribution in [0.25, 0.3) is 55.3 Å². The monoisotopic (exact) mass is 813 g/mol. The molecule has 0 saturated heterocycles. The SMILES string of the molecule is c1ccc(N(c2ccc(-c3ccc4oc5ccccc5c4c3)cc2)c2ccc3c(c2)C2(c4ccccc4-3)c3ccccc3C3(c4ccccc4-c4ccccc43)c3ccccc32)cc1. The third kappa shape index (κ3) is 4.54. The molecule has 3 aliphatic carbocycles. The maximum atomic E-state index is 6.17. The second-order valence-corrected chi connectivity index (χ2v) is 17.5. The Morgan fingerprint density at radius 3 is 1.28 bits per heavy atom. The fourth-order valence-corrected chi connectivity index (χ4v) is 12.1. The zero-order chi connectivity index (χ0) is 42.0. The van der Waals surface area contributed by atoms with Gasteiger partial charge in [-0.05, 0) is 132 Å². The Hall–Kier alpha value is -8.20. The van der Waals surface area contributed by atoms with Gasteiger partial charge in [-0.2, -0.15) is 0 Å². The zero-order valence-electron chi connectivity index (χ0n) is 34.9. The molecule has 1 heterocycles. The van der Waals surface area contributed by atoms with Crippen molar-refractivity contribution in [3.05, 3.63) is 281 Å². The molecule has 0 saturated carbocycles. The average molecular weight is 814 g/mol. The Kier molecular flexibility index (Phi) is 7.28. The molecule has 0 fully saturated rings. The summed E-state index contributed by atoms with van der Waals surface area (Å²) >= 11 is 0. The highest BCUT2D eigenvalue weighted by atomic mass is 16.3. The molecular formula is C62H39NO. The van der Waals surface area contributed by atoms with Crippen molar-refractivity contribution in [2.75, 3.05) is 4.90 Å². The van der Waals surface area contributed by atoms with Crippen LogP contribution in [0.5, 0.6) is 0 Å². The van der Waals surface area contributed by atoms with Crippen LogP contribution in [0.3, 0.4) is 0 Å². The summed E-state index contributed by atoms with van der Waals surface area (Å²) in [5, 5.41) is 2.27. The van der Waals surface area contributed by atoms with Crippen LogP contribution in [0.15, 0.2) is 241 Å². The van der Waals surface area contributed by atoms with Crippen LogP contribution in [0, 0.1) is 0 Å². The summed E-state index contributed by atoms with van der Waals surface area (Å²) in [7, 11) is 0. The topological polar surface area (TPSA) is 16.4 Å². The first-order chi connectivity index (χ1) is 31.7. The van der Waals surface area contributed by atoms with Crippen molar-refractivity contribution in [3.8, 4) is 33.4 Å². The highest BCUT2D eigenvalue weighted by Gasteiger charge is 2.58. The van der Waals surface area contributed by atoms with E-state index in [9.17, 15) is 0 Å². The summed E-state index contributed by atoms with van der Waals surface area (Å²) in [6, 6.07) is 87.9. The van der Waals surface area contributed by atoms with Crippen molar-refractivity contribution in [1.82, 2.24) is 0 Å². The van der Waals surface area contributed by atoms with Crippen LogP contribution in [0.1, 0.15) is 44.5 Å². The molecule has 298 valence electrons. The standard InChI is InChI=1S/C62H39NO/c1-2-16-42(17-3-1)63(43-33-30-40(31-34-43)41-32-37-60-50(38-41)49-21-7-15-29-59(49)64-60)44-35-36-48-47-20-6-10-24-53(47)62(58(48)39-44)56-27-13-11-25-54(56)61(55-26-12-14-28-57(55)62)51-22-8-4-18-45(51)46-19-5-9-23-52(46)61/h1-39H. The van der Waals surface area contributed by atoms with E-state index in [1.54, 1.807) is 0 Å². The van der Waals surface area contributed by atoms with Gasteiger partial charge >= 0.3 is 0 Å². The molecule has 64 heavy (non-hydrogen) atoms. The van der Waals surface area contributed by atoms with Gasteiger partial charge in [0.1, 0.15) is 11.2 Å². The van der Waals surface area contributed by atoms with Gasteiger partial charge in [0.25, 0.3) is 0 Å². The smallest absolute Gasteiger partial charge is 0.135 e. The summed E-state index contributed by atoms with van der Waals surface area (Å²) in [4.78, 5) is 2.42. The van der Waals surface area contributed by atoms with Gasteiger partial charge < -0.3 is 9.32 Å². The lowest BCUT2D eigenvalue weighted by Crippen LogP contribution is -2.43. The molecule has 0 atom stereocenters. The predicted molar refractivity (Wildman–Crippen MR) is 262 cm³/mol. The summed E-state index contributed by atoms with van der Waals surface area (Å²) in [6.07, 6.45) is 0. The number of furan rings is 1. The van der Waals surface area contributed by atoms with E-state index in [2.05, 4.69) is 229 Å². The molecule has 2 nitrogen and oxygen atoms in total. The molecule has 0 N–H and O–H groups in total. The number of hydrogen-bond donors (Lipinski definition) is 0. The minimum absolute atomic E-state index is 0.478. The normalized spacial score (nSPS) is 14.2. The number of hydrogen-bond acceptors (Lipinski definition) is 2. The molecule has 11 aromatic rings. The molecule has 2 spiro atoms. The van der Waals surface area contributed by atoms with Gasteiger partial charge in [0.15, 0.2) is 0 Å². The van der Waals surface area contributed by atoms with E-state index in [0.717, 1.165) is 50.1 Å². The van der Waals surface area contributed by atoms with Gasteiger partial charge in [0.05, 0.1) is 10.8 Å². The van der Waals surface area contributed by atoms with Gasteiger partial charge in [-0.3, -0.25) is 0 Å². The minimum atomic E-state index is -0.574. The molecular weight excluding hydrogens is 775 g/mol. The quantitative estimate of drug-likeness (QED) is 0.176. The third-order valence-electron chi connectivity index (χ3n) is 14.6. The highest BCUT2D eigenvalue weighted by Crippen LogP contribution is 2.67. The summed E-state index contributed by atoms with van der Waals surface area (Å²) in [6.45, 7) is 0. The average Bonchev–Trinajstić information content (AvgIpc) is 3.99. The van der Waals surface area contributed by atoms with Gasteiger partial charge in [-0.15, -0.1) is 0 Å². The molecule has 10 aromatic carbocycles. The van der Waals surface area contributed by atoms with Crippen LogP contribution in [-0.4, -0.2) is 0 Å². The van der Waals surface area contributed by atoms with Crippen LogP contribution in [0.4, 0.5) is 17.1 Å². The summed E-state index contributed by atoms with van der Waals surface area (Å²) in [5.41, 5.74) is 22.3. The Balaban J connectivity index is 0.988. The fraction of sp³-hybridized carbons (Fsp3) is 0.0323. The Morgan fingerprint density at radius 1 is 0.266 bits per heavy atom. The lowest BCUT2D eigenvalue weighted by Gasteiger charge is -2.49. The lowest BCUT2D eigenvalue weighted by molar-refractivity contribution is 0.633. The first kappa shape index (κ1) is 35.4. The van der Waals surface area contributed by atoms with E-state index in [1.807, 2.05) is 12.1 Å². The maximum absolute atomic E-state index is 6.17. The molecule has 0 amide bonds. The molecule has 2 heteroatoms. The van der Waals surface area contributed by atoms with Crippen molar-refractivity contribution in [2.45, 2.75) is 10.8 Å². The molecule has 0 bridgehead atoms. The second-order valence-electron chi connectivity index (χ2n) is 17.5. The molecule has 14 rings (SSSR count). The zero-order valence-corrected chi connectivity index (χ0v) is 34.9. The lowest BCUT2D eigenvalue weighted by atomic mass is 9.52. The third-order valence-corrected chi connectivity index (χ3v) is 14.6. The van der Waals surface area contributed by atoms with E-state index in [-0.39, 0.29) is 0 Å². The van der Waals surface area contributed by atoms with E-state index in [4.69, 9.17) is 4.42 Å². The number of benzene rings is 10. The molecule has 0 aliphatic heterocycles. The van der Waals surface area contributed by atoms with Crippen LogP contribution in [-0.2, 0) is 10.8 Å². The number of para-hydroxylation sites is 2. The fourth-order valence-electron chi connectivity index (χ4n) is 12.1. The second kappa shape index (κ2) is 13.2. The number of rotatable bonds is 4. The van der Waals surface area contributed by atoms with Gasteiger partial charge in [0.2, 0.25) is 0 Å². The van der Waals surface area contributed by atoms with Crippen LogP contribution < -0.4 is 4.90 Å². The van der Waals surface area contributed by atoms with Crippen molar-refractivity contribution >= 4 is 39.0 Å². The highest BCUT2D eigenvalue weighted by molar-refractivity contribution is 6.06. The van der Waals surface area contributed by atoms with E-state index >= 15 is 0 Å². The number of nitrogens with zero attached hydrogens (tertiary/aromatic N) is 1. The Labute approximate surface area is 372 Å². The summed E-state index contributed by atoms with van der Waals surface area (Å²) in [5.74, 6) is 0. The van der Waals surface area contributed by atoms with Crippen molar-refractivity contribution in [2.24, 2.45) is 0 Å². The van der Waals surface area contributed by atoms with E-state index < -0.39 is 10.8 Å². The first-order valence-electron chi connectivity index (χ1n) is 22.3. The Bertz CT molecular complexity index is 3590. The van der Waals surface area contributed by atoms with Crippen molar-refractivity contribution < 1.29 is 4.42 Å². The van der Waals surface area contributed by atoms with E-state index in [1.165, 1.54) is 66.8 Å². The molecule has 1 aromatic heterocycles. The van der Waals surface area contributed by atoms with Crippen LogP contribution >= 0.6 is 0 Å². The number of fused-ring (bicyclic) bond motifs is 19. The predicted octanol–water partition coefficient (Wildman–Crippen LogP) is 15.8. The first-order valence-corrected chi connectivity index (χ1v) is 22.3. The van der Waals surface area contributed by atoms with Gasteiger partial charge in [0, 0.05) is 27.8 Å². The van der Waals surface area contributed by atoms with Crippen molar-refractivity contribution in [3.63, 3.8) is 0 Å². The summed E-state index contributed by atoms with van der Waals surface area (Å²) < 4.78 is 6.17. The van der Waals surface area contributed by atoms with Gasteiger partial charge in [-0.1, -0.05) is 182 Å². The van der Waals surface area contributed by atoms with Crippen molar-refractivity contribution in [1.29, 1.82) is 0 Å². The molecule has 3 aliphatic rings. The molecule has 0 radical (unpaired) electrons. The number of anilines is 3. The minimum Gasteiger partial charge on any atom is -0.456 e. The van der Waals surface area contributed by atoms with E-state index in [0.29, 0.717) is 0 Å². The molecule has 0 unspecified atom stereocenters. The van der Waals surface area contributed by atoms with Crippen LogP contribution in [0.2, 0.25) is 0 Å². The maximum Gasteiger partial charge on any atom is 0.135 e.